The van der Waals surface area contributed by atoms with Gasteiger partial charge in [0.1, 0.15) is 11.6 Å². The summed E-state index contributed by atoms with van der Waals surface area (Å²) < 4.78 is 20.2. The Kier molecular flexibility index (Phi) is 6.48. The van der Waals surface area contributed by atoms with Crippen molar-refractivity contribution < 1.29 is 14.2 Å². The molecule has 0 aliphatic carbocycles. The number of unbranched alkanes of at least 4 members (excludes halogenated alkanes) is 1. The molecule has 146 valence electrons. The molecule has 0 aromatic heterocycles. The lowest BCUT2D eigenvalue weighted by Gasteiger charge is -2.39. The molecule has 0 saturated heterocycles. The van der Waals surface area contributed by atoms with E-state index in [2.05, 4.69) is 13.8 Å². The van der Waals surface area contributed by atoms with Gasteiger partial charge in [-0.05, 0) is 48.2 Å². The van der Waals surface area contributed by atoms with Gasteiger partial charge in [0.25, 0.3) is 0 Å². The fraction of sp³-hybridized carbons (Fsp3) is 0.478. The van der Waals surface area contributed by atoms with Gasteiger partial charge in [-0.2, -0.15) is 0 Å². The largest absolute Gasteiger partial charge is 0.497 e. The van der Waals surface area contributed by atoms with Crippen molar-refractivity contribution in [2.45, 2.75) is 56.4 Å². The van der Waals surface area contributed by atoms with E-state index < -0.39 is 12.0 Å². The van der Waals surface area contributed by atoms with Crippen LogP contribution in [0, 0.1) is 11.2 Å². The zero-order valence-electron chi connectivity index (χ0n) is 16.4. The molecule has 3 rings (SSSR count). The van der Waals surface area contributed by atoms with Gasteiger partial charge in [-0.1, -0.05) is 44.9 Å². The molecule has 1 unspecified atom stereocenters. The SMILES string of the molecule is CCCC[C@]1(CC)CSc2ccc(OC)cc2[C@@H](c2ccccc2F)C1O. The van der Waals surface area contributed by atoms with Gasteiger partial charge in [-0.3, -0.25) is 0 Å². The lowest BCUT2D eigenvalue weighted by atomic mass is 9.69. The van der Waals surface area contributed by atoms with Crippen LogP contribution in [0.1, 0.15) is 56.6 Å². The van der Waals surface area contributed by atoms with E-state index in [1.807, 2.05) is 30.3 Å². The number of fused-ring (bicyclic) bond motifs is 1. The highest BCUT2D eigenvalue weighted by Crippen LogP contribution is 2.51. The van der Waals surface area contributed by atoms with Crippen molar-refractivity contribution in [3.05, 3.63) is 59.4 Å². The first-order valence-corrected chi connectivity index (χ1v) is 10.8. The molecular formula is C23H29FO2S. The molecule has 3 atom stereocenters. The molecule has 2 aromatic carbocycles. The van der Waals surface area contributed by atoms with Crippen LogP contribution in [0.25, 0.3) is 0 Å². The summed E-state index contributed by atoms with van der Waals surface area (Å²) in [6, 6.07) is 12.8. The monoisotopic (exact) mass is 388 g/mol. The Bertz CT molecular complexity index is 779. The molecule has 0 fully saturated rings. The molecule has 0 bridgehead atoms. The van der Waals surface area contributed by atoms with Crippen LogP contribution < -0.4 is 4.74 Å². The smallest absolute Gasteiger partial charge is 0.127 e. The second kappa shape index (κ2) is 8.66. The van der Waals surface area contributed by atoms with Gasteiger partial charge in [0.2, 0.25) is 0 Å². The first-order chi connectivity index (χ1) is 13.1. The third-order valence-corrected chi connectivity index (χ3v) is 7.38. The standard InChI is InChI=1S/C23H29FO2S/c1-4-6-13-23(5-2)15-27-20-12-11-16(26-3)14-18(20)21(22(23)25)17-9-7-8-10-19(17)24/h7-12,14,21-22,25H,4-6,13,15H2,1-3H3/t21-,22?,23-/m1/s1. The number of benzene rings is 2. The minimum absolute atomic E-state index is 0.236. The van der Waals surface area contributed by atoms with E-state index in [4.69, 9.17) is 4.74 Å². The van der Waals surface area contributed by atoms with E-state index in [9.17, 15) is 9.50 Å². The summed E-state index contributed by atoms with van der Waals surface area (Å²) >= 11 is 1.78. The fourth-order valence-corrected chi connectivity index (χ4v) is 5.64. The Morgan fingerprint density at radius 1 is 1.19 bits per heavy atom. The quantitative estimate of drug-likeness (QED) is 0.656. The summed E-state index contributed by atoms with van der Waals surface area (Å²) in [6.07, 6.45) is 3.33. The van der Waals surface area contributed by atoms with E-state index in [1.54, 1.807) is 24.9 Å². The average molecular weight is 389 g/mol. The first-order valence-electron chi connectivity index (χ1n) is 9.79. The van der Waals surface area contributed by atoms with Gasteiger partial charge in [-0.15, -0.1) is 11.8 Å². The molecule has 1 heterocycles. The van der Waals surface area contributed by atoms with E-state index in [-0.39, 0.29) is 11.2 Å². The summed E-state index contributed by atoms with van der Waals surface area (Å²) in [7, 11) is 1.64. The van der Waals surface area contributed by atoms with E-state index in [0.29, 0.717) is 5.56 Å². The Balaban J connectivity index is 2.18. The average Bonchev–Trinajstić information content (AvgIpc) is 2.81. The number of hydrogen-bond acceptors (Lipinski definition) is 3. The van der Waals surface area contributed by atoms with Crippen molar-refractivity contribution in [3.63, 3.8) is 0 Å². The molecule has 1 aliphatic heterocycles. The Hall–Kier alpha value is -1.52. The van der Waals surface area contributed by atoms with Crippen LogP contribution in [0.15, 0.2) is 47.4 Å². The van der Waals surface area contributed by atoms with Gasteiger partial charge in [0.15, 0.2) is 0 Å². The van der Waals surface area contributed by atoms with Crippen LogP contribution in [-0.2, 0) is 0 Å². The normalized spacial score (nSPS) is 24.9. The van der Waals surface area contributed by atoms with Gasteiger partial charge in [0.05, 0.1) is 13.2 Å². The van der Waals surface area contributed by atoms with Crippen molar-refractivity contribution in [1.29, 1.82) is 0 Å². The van der Waals surface area contributed by atoms with E-state index >= 15 is 0 Å². The minimum Gasteiger partial charge on any atom is -0.497 e. The summed E-state index contributed by atoms with van der Waals surface area (Å²) in [5.41, 5.74) is 1.29. The zero-order chi connectivity index (χ0) is 19.4. The predicted octanol–water partition coefficient (Wildman–Crippen LogP) is 6.02. The number of aliphatic hydroxyl groups is 1. The van der Waals surface area contributed by atoms with E-state index in [1.165, 1.54) is 6.07 Å². The molecule has 1 aliphatic rings. The third-order valence-electron chi connectivity index (χ3n) is 5.98. The highest BCUT2D eigenvalue weighted by Gasteiger charge is 2.45. The summed E-state index contributed by atoms with van der Waals surface area (Å²) in [4.78, 5) is 1.11. The number of hydrogen-bond donors (Lipinski definition) is 1. The summed E-state index contributed by atoms with van der Waals surface area (Å²) in [6.45, 7) is 4.32. The highest BCUT2D eigenvalue weighted by atomic mass is 32.2. The molecule has 2 aromatic rings. The number of thioether (sulfide) groups is 1. The van der Waals surface area contributed by atoms with Crippen LogP contribution in [0.2, 0.25) is 0 Å². The van der Waals surface area contributed by atoms with Crippen molar-refractivity contribution in [2.75, 3.05) is 12.9 Å². The number of methoxy groups -OCH3 is 1. The Morgan fingerprint density at radius 3 is 2.63 bits per heavy atom. The second-order valence-electron chi connectivity index (χ2n) is 7.46. The molecular weight excluding hydrogens is 359 g/mol. The zero-order valence-corrected chi connectivity index (χ0v) is 17.2. The number of ether oxygens (including phenoxy) is 1. The maximum Gasteiger partial charge on any atom is 0.127 e. The van der Waals surface area contributed by atoms with Crippen molar-refractivity contribution in [1.82, 2.24) is 0 Å². The number of aliphatic hydroxyl groups excluding tert-OH is 1. The van der Waals surface area contributed by atoms with Crippen LogP contribution in [0.3, 0.4) is 0 Å². The van der Waals surface area contributed by atoms with Gasteiger partial charge in [-0.25, -0.2) is 4.39 Å². The lowest BCUT2D eigenvalue weighted by Crippen LogP contribution is -2.40. The number of rotatable bonds is 6. The number of halogens is 1. The molecule has 0 spiro atoms. The van der Waals surface area contributed by atoms with Crippen LogP contribution >= 0.6 is 11.8 Å². The molecule has 0 amide bonds. The van der Waals surface area contributed by atoms with E-state index in [0.717, 1.165) is 47.6 Å². The summed E-state index contributed by atoms with van der Waals surface area (Å²) in [5, 5.41) is 11.7. The van der Waals surface area contributed by atoms with Crippen LogP contribution in [0.5, 0.6) is 5.75 Å². The molecule has 2 nitrogen and oxygen atoms in total. The van der Waals surface area contributed by atoms with Crippen LogP contribution in [0.4, 0.5) is 4.39 Å². The fourth-order valence-electron chi connectivity index (χ4n) is 4.16. The first kappa shape index (κ1) is 20.2. The van der Waals surface area contributed by atoms with Crippen molar-refractivity contribution in [3.8, 4) is 5.75 Å². The molecule has 0 radical (unpaired) electrons. The molecule has 0 saturated carbocycles. The van der Waals surface area contributed by atoms with Crippen molar-refractivity contribution in [2.24, 2.45) is 5.41 Å². The Labute approximate surface area is 166 Å². The topological polar surface area (TPSA) is 29.5 Å². The molecule has 4 heteroatoms. The van der Waals surface area contributed by atoms with Gasteiger partial charge >= 0.3 is 0 Å². The second-order valence-corrected chi connectivity index (χ2v) is 8.47. The Morgan fingerprint density at radius 2 is 1.96 bits per heavy atom. The van der Waals surface area contributed by atoms with Gasteiger partial charge < -0.3 is 9.84 Å². The molecule has 1 N–H and O–H groups in total. The predicted molar refractivity (Wildman–Crippen MR) is 110 cm³/mol. The maximum absolute atomic E-state index is 14.8. The lowest BCUT2D eigenvalue weighted by molar-refractivity contribution is 0.0175. The van der Waals surface area contributed by atoms with Crippen molar-refractivity contribution >= 4 is 11.8 Å². The van der Waals surface area contributed by atoms with Gasteiger partial charge in [0, 0.05) is 22.0 Å². The minimum atomic E-state index is -0.646. The summed E-state index contributed by atoms with van der Waals surface area (Å²) in [5.74, 6) is 0.917. The molecule has 27 heavy (non-hydrogen) atoms. The van der Waals surface area contributed by atoms with Crippen LogP contribution in [-0.4, -0.2) is 24.1 Å². The maximum atomic E-state index is 14.8. The third kappa shape index (κ3) is 3.88. The highest BCUT2D eigenvalue weighted by molar-refractivity contribution is 7.99.